The molecule has 2 atom stereocenters. The number of amides is 1. The van der Waals surface area contributed by atoms with Gasteiger partial charge in [-0.1, -0.05) is 12.1 Å². The van der Waals surface area contributed by atoms with Crippen LogP contribution < -0.4 is 14.8 Å². The number of rotatable bonds is 2. The molecule has 0 bridgehead atoms. The first kappa shape index (κ1) is 16.9. The van der Waals surface area contributed by atoms with Gasteiger partial charge in [0.05, 0.1) is 5.56 Å². The molecule has 1 aromatic carbocycles. The number of carbonyl (C=O) groups is 1. The summed E-state index contributed by atoms with van der Waals surface area (Å²) < 4.78 is 13.5. The SMILES string of the molecule is C[C@H]1Oc2ccccc2O[C@H]1C(=O)Nc1cc(C#N)cn1C(C)(C)C. The molecule has 2 aromatic rings. The van der Waals surface area contributed by atoms with Gasteiger partial charge in [0.25, 0.3) is 5.91 Å². The van der Waals surface area contributed by atoms with Crippen molar-refractivity contribution in [1.82, 2.24) is 4.57 Å². The lowest BCUT2D eigenvalue weighted by molar-refractivity contribution is -0.128. The number of hydrogen-bond donors (Lipinski definition) is 1. The monoisotopic (exact) mass is 339 g/mol. The van der Waals surface area contributed by atoms with Crippen LogP contribution in [-0.4, -0.2) is 22.7 Å². The predicted octanol–water partition coefficient (Wildman–Crippen LogP) is 3.28. The van der Waals surface area contributed by atoms with Gasteiger partial charge in [-0.3, -0.25) is 4.79 Å². The van der Waals surface area contributed by atoms with Crippen molar-refractivity contribution in [3.8, 4) is 17.6 Å². The molecule has 6 nitrogen and oxygen atoms in total. The van der Waals surface area contributed by atoms with Crippen LogP contribution in [0.1, 0.15) is 33.3 Å². The maximum absolute atomic E-state index is 12.8. The van der Waals surface area contributed by atoms with Crippen molar-refractivity contribution < 1.29 is 14.3 Å². The maximum Gasteiger partial charge on any atom is 0.270 e. The summed E-state index contributed by atoms with van der Waals surface area (Å²) in [4.78, 5) is 12.8. The van der Waals surface area contributed by atoms with Crippen molar-refractivity contribution in [3.05, 3.63) is 42.1 Å². The third-order valence-electron chi connectivity index (χ3n) is 4.02. The third kappa shape index (κ3) is 3.31. The fraction of sp³-hybridized carbons (Fsp3) is 0.368. The van der Waals surface area contributed by atoms with Gasteiger partial charge in [0.2, 0.25) is 6.10 Å². The van der Waals surface area contributed by atoms with E-state index in [0.717, 1.165) is 0 Å². The predicted molar refractivity (Wildman–Crippen MR) is 93.7 cm³/mol. The molecule has 25 heavy (non-hydrogen) atoms. The molecule has 1 aliphatic heterocycles. The summed E-state index contributed by atoms with van der Waals surface area (Å²) in [6.07, 6.45) is 0.527. The summed E-state index contributed by atoms with van der Waals surface area (Å²) in [7, 11) is 0. The van der Waals surface area contributed by atoms with Crippen LogP contribution in [0, 0.1) is 11.3 Å². The van der Waals surface area contributed by atoms with Crippen molar-refractivity contribution in [2.24, 2.45) is 0 Å². The summed E-state index contributed by atoms with van der Waals surface area (Å²) in [5, 5.41) is 12.0. The van der Waals surface area contributed by atoms with E-state index in [0.29, 0.717) is 22.9 Å². The van der Waals surface area contributed by atoms with Crippen LogP contribution in [-0.2, 0) is 10.3 Å². The van der Waals surface area contributed by atoms with E-state index >= 15 is 0 Å². The summed E-state index contributed by atoms with van der Waals surface area (Å²) in [5.74, 6) is 1.42. The average Bonchev–Trinajstić information content (AvgIpc) is 2.97. The molecular weight excluding hydrogens is 318 g/mol. The largest absolute Gasteiger partial charge is 0.482 e. The van der Waals surface area contributed by atoms with Crippen molar-refractivity contribution in [2.45, 2.75) is 45.4 Å². The van der Waals surface area contributed by atoms with Crippen LogP contribution in [0.25, 0.3) is 0 Å². The highest BCUT2D eigenvalue weighted by atomic mass is 16.6. The normalized spacial score (nSPS) is 19.2. The van der Waals surface area contributed by atoms with Gasteiger partial charge in [0.15, 0.2) is 11.5 Å². The number of hydrogen-bond acceptors (Lipinski definition) is 4. The number of carbonyl (C=O) groups excluding carboxylic acids is 1. The van der Waals surface area contributed by atoms with Gasteiger partial charge in [-0.2, -0.15) is 5.26 Å². The van der Waals surface area contributed by atoms with Gasteiger partial charge in [0.1, 0.15) is 18.0 Å². The van der Waals surface area contributed by atoms with Crippen LogP contribution in [0.5, 0.6) is 11.5 Å². The second-order valence-electron chi connectivity index (χ2n) is 7.06. The van der Waals surface area contributed by atoms with E-state index in [2.05, 4.69) is 11.4 Å². The zero-order valence-electron chi connectivity index (χ0n) is 14.7. The van der Waals surface area contributed by atoms with Gasteiger partial charge >= 0.3 is 0 Å². The smallest absolute Gasteiger partial charge is 0.270 e. The number of anilines is 1. The van der Waals surface area contributed by atoms with E-state index in [1.54, 1.807) is 25.3 Å². The van der Waals surface area contributed by atoms with Crippen LogP contribution in [0.3, 0.4) is 0 Å². The number of nitrogens with zero attached hydrogens (tertiary/aromatic N) is 2. The van der Waals surface area contributed by atoms with Gasteiger partial charge in [0, 0.05) is 11.7 Å². The van der Waals surface area contributed by atoms with E-state index in [9.17, 15) is 4.79 Å². The van der Waals surface area contributed by atoms with E-state index in [1.807, 2.05) is 43.5 Å². The molecule has 0 spiro atoms. The molecule has 0 saturated heterocycles. The molecule has 1 aliphatic rings. The van der Waals surface area contributed by atoms with Gasteiger partial charge in [-0.15, -0.1) is 0 Å². The number of aromatic nitrogens is 1. The molecule has 130 valence electrons. The number of benzene rings is 1. The Kier molecular flexibility index (Phi) is 4.17. The molecule has 3 rings (SSSR count). The number of nitriles is 1. The van der Waals surface area contributed by atoms with Crippen LogP contribution >= 0.6 is 0 Å². The van der Waals surface area contributed by atoms with Crippen LogP contribution in [0.2, 0.25) is 0 Å². The fourth-order valence-corrected chi connectivity index (χ4v) is 2.78. The van der Waals surface area contributed by atoms with E-state index in [4.69, 9.17) is 14.7 Å². The Morgan fingerprint density at radius 3 is 2.48 bits per heavy atom. The molecule has 2 heterocycles. The Morgan fingerprint density at radius 1 is 1.24 bits per heavy atom. The van der Waals surface area contributed by atoms with E-state index < -0.39 is 12.2 Å². The zero-order valence-corrected chi connectivity index (χ0v) is 14.7. The summed E-state index contributed by atoms with van der Waals surface area (Å²) >= 11 is 0. The Hall–Kier alpha value is -2.94. The molecular formula is C19H21N3O3. The Labute approximate surface area is 147 Å². The minimum absolute atomic E-state index is 0.278. The number of para-hydroxylation sites is 2. The Morgan fingerprint density at radius 2 is 1.88 bits per heavy atom. The van der Waals surface area contributed by atoms with Crippen LogP contribution in [0.15, 0.2) is 36.5 Å². The molecule has 1 amide bonds. The standard InChI is InChI=1S/C19H21N3O3/c1-12-17(25-15-8-6-5-7-14(15)24-12)18(23)21-16-9-13(10-20)11-22(16)19(2,3)4/h5-9,11-12,17H,1-4H3,(H,21,23)/t12-,17-/m1/s1. The van der Waals surface area contributed by atoms with Crippen molar-refractivity contribution in [3.63, 3.8) is 0 Å². The highest BCUT2D eigenvalue weighted by molar-refractivity contribution is 5.94. The van der Waals surface area contributed by atoms with Crippen LogP contribution in [0.4, 0.5) is 5.82 Å². The number of fused-ring (bicyclic) bond motifs is 1. The van der Waals surface area contributed by atoms with Crippen molar-refractivity contribution in [1.29, 1.82) is 5.26 Å². The summed E-state index contributed by atoms with van der Waals surface area (Å²) in [5.41, 5.74) is 0.212. The van der Waals surface area contributed by atoms with Gasteiger partial charge in [-0.25, -0.2) is 0 Å². The molecule has 1 aromatic heterocycles. The lowest BCUT2D eigenvalue weighted by Gasteiger charge is -2.31. The molecule has 6 heteroatoms. The quantitative estimate of drug-likeness (QED) is 0.911. The van der Waals surface area contributed by atoms with Crippen molar-refractivity contribution >= 4 is 11.7 Å². The lowest BCUT2D eigenvalue weighted by atomic mass is 10.1. The molecule has 0 radical (unpaired) electrons. The zero-order chi connectivity index (χ0) is 18.2. The minimum Gasteiger partial charge on any atom is -0.482 e. The minimum atomic E-state index is -0.774. The van der Waals surface area contributed by atoms with Crippen molar-refractivity contribution in [2.75, 3.05) is 5.32 Å². The highest BCUT2D eigenvalue weighted by Crippen LogP contribution is 2.34. The number of ether oxygens (including phenoxy) is 2. The Bertz CT molecular complexity index is 842. The Balaban J connectivity index is 1.84. The van der Waals surface area contributed by atoms with E-state index in [1.165, 1.54) is 0 Å². The second-order valence-corrected chi connectivity index (χ2v) is 7.06. The fourth-order valence-electron chi connectivity index (χ4n) is 2.78. The summed E-state index contributed by atoms with van der Waals surface area (Å²) in [6, 6.07) is 11.0. The first-order chi connectivity index (χ1) is 11.8. The molecule has 0 fully saturated rings. The highest BCUT2D eigenvalue weighted by Gasteiger charge is 2.34. The lowest BCUT2D eigenvalue weighted by Crippen LogP contribution is -2.46. The molecule has 1 N–H and O–H groups in total. The van der Waals surface area contributed by atoms with Gasteiger partial charge < -0.3 is 19.4 Å². The summed E-state index contributed by atoms with van der Waals surface area (Å²) in [6.45, 7) is 7.80. The molecule has 0 unspecified atom stereocenters. The first-order valence-electron chi connectivity index (χ1n) is 8.16. The maximum atomic E-state index is 12.8. The second kappa shape index (κ2) is 6.17. The van der Waals surface area contributed by atoms with Gasteiger partial charge in [-0.05, 0) is 45.9 Å². The molecule has 0 aliphatic carbocycles. The first-order valence-corrected chi connectivity index (χ1v) is 8.16. The average molecular weight is 339 g/mol. The molecule has 0 saturated carbocycles. The third-order valence-corrected chi connectivity index (χ3v) is 4.02. The topological polar surface area (TPSA) is 76.3 Å². The number of nitrogens with one attached hydrogen (secondary N) is 1. The van der Waals surface area contributed by atoms with E-state index in [-0.39, 0.29) is 11.4 Å².